The number of carbonyl (C=O) groups is 1. The number of ether oxygens (including phenoxy) is 2. The fourth-order valence-electron chi connectivity index (χ4n) is 4.11. The summed E-state index contributed by atoms with van der Waals surface area (Å²) < 4.78 is 11.5. The highest BCUT2D eigenvalue weighted by molar-refractivity contribution is 5.83. The van der Waals surface area contributed by atoms with Crippen molar-refractivity contribution in [1.82, 2.24) is 14.9 Å². The number of amides is 1. The third-order valence-corrected chi connectivity index (χ3v) is 5.63. The van der Waals surface area contributed by atoms with Crippen molar-refractivity contribution in [3.8, 4) is 5.75 Å². The van der Waals surface area contributed by atoms with Crippen LogP contribution in [0.3, 0.4) is 0 Å². The van der Waals surface area contributed by atoms with Crippen LogP contribution in [0.2, 0.25) is 0 Å². The molecule has 0 radical (unpaired) electrons. The van der Waals surface area contributed by atoms with Gasteiger partial charge < -0.3 is 19.3 Å². The number of carbonyl (C=O) groups excluding carboxylic acids is 1. The van der Waals surface area contributed by atoms with Gasteiger partial charge in [-0.25, -0.2) is 9.97 Å². The molecule has 0 saturated carbocycles. The minimum Gasteiger partial charge on any atom is -0.477 e. The highest BCUT2D eigenvalue weighted by atomic mass is 16.5. The standard InChI is InChI=1S/C23H24N4O3/c1-16-17-6-2-3-7-18(17)25-22(24-16)15-27-14-21(23(28)26-10-12-29-13-11-26)30-20-9-5-4-8-19(20)27/h2-9,21H,10-15H2,1H3. The lowest BCUT2D eigenvalue weighted by molar-refractivity contribution is -0.142. The third kappa shape index (κ3) is 3.57. The zero-order valence-electron chi connectivity index (χ0n) is 17.0. The molecule has 7 heteroatoms. The second-order valence-corrected chi connectivity index (χ2v) is 7.63. The van der Waals surface area contributed by atoms with E-state index < -0.39 is 6.10 Å². The molecule has 0 bridgehead atoms. The van der Waals surface area contributed by atoms with Gasteiger partial charge in [0.2, 0.25) is 0 Å². The van der Waals surface area contributed by atoms with Crippen LogP contribution in [0.15, 0.2) is 48.5 Å². The van der Waals surface area contributed by atoms with Crippen molar-refractivity contribution in [3.63, 3.8) is 0 Å². The number of nitrogens with zero attached hydrogens (tertiary/aromatic N) is 4. The van der Waals surface area contributed by atoms with Crippen LogP contribution >= 0.6 is 0 Å². The van der Waals surface area contributed by atoms with E-state index in [0.29, 0.717) is 45.1 Å². The summed E-state index contributed by atoms with van der Waals surface area (Å²) in [4.78, 5) is 26.5. The summed E-state index contributed by atoms with van der Waals surface area (Å²) in [7, 11) is 0. The Bertz CT molecular complexity index is 1080. The zero-order chi connectivity index (χ0) is 20.5. The Hall–Kier alpha value is -3.19. The number of rotatable bonds is 3. The highest BCUT2D eigenvalue weighted by Gasteiger charge is 2.34. The SMILES string of the molecule is Cc1nc(CN2CC(C(=O)N3CCOCC3)Oc3ccccc32)nc2ccccc12. The molecule has 2 aliphatic rings. The van der Waals surface area contributed by atoms with E-state index in [9.17, 15) is 4.79 Å². The molecule has 3 aromatic rings. The first-order valence-electron chi connectivity index (χ1n) is 10.3. The van der Waals surface area contributed by atoms with Crippen molar-refractivity contribution < 1.29 is 14.3 Å². The summed E-state index contributed by atoms with van der Waals surface area (Å²) in [5, 5.41) is 1.06. The molecule has 5 rings (SSSR count). The van der Waals surface area contributed by atoms with Crippen molar-refractivity contribution in [2.75, 3.05) is 37.7 Å². The molecule has 2 aliphatic heterocycles. The van der Waals surface area contributed by atoms with Gasteiger partial charge in [0.1, 0.15) is 11.6 Å². The average molecular weight is 404 g/mol. The van der Waals surface area contributed by atoms with Gasteiger partial charge in [0.25, 0.3) is 5.91 Å². The first-order chi connectivity index (χ1) is 14.7. The molecule has 1 unspecified atom stereocenters. The lowest BCUT2D eigenvalue weighted by Gasteiger charge is -2.38. The van der Waals surface area contributed by atoms with Crippen molar-refractivity contribution in [2.24, 2.45) is 0 Å². The third-order valence-electron chi connectivity index (χ3n) is 5.63. The molecule has 1 aromatic heterocycles. The number of anilines is 1. The summed E-state index contributed by atoms with van der Waals surface area (Å²) in [5.41, 5.74) is 2.85. The minimum atomic E-state index is -0.556. The molecule has 1 amide bonds. The zero-order valence-corrected chi connectivity index (χ0v) is 17.0. The van der Waals surface area contributed by atoms with E-state index >= 15 is 0 Å². The molecule has 1 saturated heterocycles. The summed E-state index contributed by atoms with van der Waals surface area (Å²) in [5.74, 6) is 1.46. The van der Waals surface area contributed by atoms with Crippen molar-refractivity contribution >= 4 is 22.5 Å². The van der Waals surface area contributed by atoms with Crippen molar-refractivity contribution in [3.05, 3.63) is 60.0 Å². The Kier molecular flexibility index (Phi) is 4.96. The van der Waals surface area contributed by atoms with Crippen LogP contribution in [0.1, 0.15) is 11.5 Å². The summed E-state index contributed by atoms with van der Waals surface area (Å²) in [6, 6.07) is 15.9. The maximum absolute atomic E-state index is 13.1. The molecule has 7 nitrogen and oxygen atoms in total. The van der Waals surface area contributed by atoms with E-state index in [1.54, 1.807) is 0 Å². The Morgan fingerprint density at radius 1 is 1.07 bits per heavy atom. The van der Waals surface area contributed by atoms with Crippen LogP contribution < -0.4 is 9.64 Å². The lowest BCUT2D eigenvalue weighted by atomic mass is 10.1. The molecule has 1 fully saturated rings. The Balaban J connectivity index is 1.44. The van der Waals surface area contributed by atoms with Crippen LogP contribution in [-0.4, -0.2) is 59.7 Å². The highest BCUT2D eigenvalue weighted by Crippen LogP contribution is 2.34. The minimum absolute atomic E-state index is 0.00779. The van der Waals surface area contributed by atoms with E-state index in [1.165, 1.54) is 0 Å². The molecule has 3 heterocycles. The first-order valence-corrected chi connectivity index (χ1v) is 10.3. The fourth-order valence-corrected chi connectivity index (χ4v) is 4.11. The molecule has 30 heavy (non-hydrogen) atoms. The fraction of sp³-hybridized carbons (Fsp3) is 0.348. The van der Waals surface area contributed by atoms with Gasteiger partial charge in [-0.05, 0) is 25.1 Å². The van der Waals surface area contributed by atoms with E-state index in [0.717, 1.165) is 28.1 Å². The molecule has 154 valence electrons. The maximum atomic E-state index is 13.1. The number of aromatic nitrogens is 2. The summed E-state index contributed by atoms with van der Waals surface area (Å²) in [6.07, 6.45) is -0.556. The number of hydrogen-bond donors (Lipinski definition) is 0. The monoisotopic (exact) mass is 404 g/mol. The van der Waals surface area contributed by atoms with Crippen molar-refractivity contribution in [1.29, 1.82) is 0 Å². The van der Waals surface area contributed by atoms with Gasteiger partial charge in [0.05, 0.1) is 37.5 Å². The van der Waals surface area contributed by atoms with E-state index in [1.807, 2.05) is 60.4 Å². The average Bonchev–Trinajstić information content (AvgIpc) is 2.79. The summed E-state index contributed by atoms with van der Waals surface area (Å²) in [6.45, 7) is 5.33. The smallest absolute Gasteiger partial charge is 0.265 e. The number of hydrogen-bond acceptors (Lipinski definition) is 6. The molecule has 2 aromatic carbocycles. The molecular weight excluding hydrogens is 380 g/mol. The number of benzene rings is 2. The number of morpholine rings is 1. The lowest BCUT2D eigenvalue weighted by Crippen LogP contribution is -2.52. The molecule has 0 N–H and O–H groups in total. The number of para-hydroxylation sites is 3. The van der Waals surface area contributed by atoms with Crippen molar-refractivity contribution in [2.45, 2.75) is 19.6 Å². The van der Waals surface area contributed by atoms with Crippen LogP contribution in [0.5, 0.6) is 5.75 Å². The predicted octanol–water partition coefficient (Wildman–Crippen LogP) is 2.56. The molecular formula is C23H24N4O3. The van der Waals surface area contributed by atoms with E-state index in [4.69, 9.17) is 19.4 Å². The van der Waals surface area contributed by atoms with Crippen LogP contribution in [0.25, 0.3) is 10.9 Å². The van der Waals surface area contributed by atoms with Gasteiger partial charge in [-0.15, -0.1) is 0 Å². The van der Waals surface area contributed by atoms with Gasteiger partial charge in [-0.2, -0.15) is 0 Å². The van der Waals surface area contributed by atoms with Gasteiger partial charge in [-0.3, -0.25) is 4.79 Å². The molecule has 1 atom stereocenters. The molecule has 0 spiro atoms. The maximum Gasteiger partial charge on any atom is 0.265 e. The number of aryl methyl sites for hydroxylation is 1. The van der Waals surface area contributed by atoms with E-state index in [-0.39, 0.29) is 5.91 Å². The van der Waals surface area contributed by atoms with Gasteiger partial charge in [0.15, 0.2) is 6.10 Å². The number of fused-ring (bicyclic) bond motifs is 2. The van der Waals surface area contributed by atoms with Gasteiger partial charge in [0, 0.05) is 24.2 Å². The van der Waals surface area contributed by atoms with Crippen LogP contribution in [-0.2, 0) is 16.1 Å². The first kappa shape index (κ1) is 18.8. The Morgan fingerprint density at radius 3 is 2.70 bits per heavy atom. The normalized spacial score (nSPS) is 18.8. The Labute approximate surface area is 175 Å². The second kappa shape index (κ2) is 7.91. The van der Waals surface area contributed by atoms with Gasteiger partial charge in [-0.1, -0.05) is 30.3 Å². The van der Waals surface area contributed by atoms with Crippen LogP contribution in [0, 0.1) is 6.92 Å². The second-order valence-electron chi connectivity index (χ2n) is 7.63. The van der Waals surface area contributed by atoms with Crippen LogP contribution in [0.4, 0.5) is 5.69 Å². The Morgan fingerprint density at radius 2 is 1.83 bits per heavy atom. The summed E-state index contributed by atoms with van der Waals surface area (Å²) >= 11 is 0. The molecule has 0 aliphatic carbocycles. The van der Waals surface area contributed by atoms with Gasteiger partial charge >= 0.3 is 0 Å². The quantitative estimate of drug-likeness (QED) is 0.668. The topological polar surface area (TPSA) is 67.8 Å². The largest absolute Gasteiger partial charge is 0.477 e. The van der Waals surface area contributed by atoms with E-state index in [2.05, 4.69) is 4.90 Å². The predicted molar refractivity (Wildman–Crippen MR) is 114 cm³/mol.